The average molecular weight is 439 g/mol. The van der Waals surface area contributed by atoms with Crippen LogP contribution >= 0.6 is 0 Å². The lowest BCUT2D eigenvalue weighted by molar-refractivity contribution is -0.136. The van der Waals surface area contributed by atoms with Crippen LogP contribution in [0.4, 0.5) is 4.79 Å². The van der Waals surface area contributed by atoms with Crippen molar-refractivity contribution >= 4 is 12.0 Å². The molecule has 170 valence electrons. The summed E-state index contributed by atoms with van der Waals surface area (Å²) >= 11 is 0. The first-order valence-electron chi connectivity index (χ1n) is 11.6. The molecule has 0 bridgehead atoms. The van der Waals surface area contributed by atoms with E-state index >= 15 is 0 Å². The number of methoxy groups -OCH3 is 1. The van der Waals surface area contributed by atoms with Crippen LogP contribution in [-0.2, 0) is 27.1 Å². The summed E-state index contributed by atoms with van der Waals surface area (Å²) < 4.78 is 10.3. The minimum Gasteiger partial charge on any atom is -0.453 e. The molecule has 1 aliphatic carbocycles. The first-order chi connectivity index (χ1) is 15.7. The number of hydrogen-bond donors (Lipinski definition) is 2. The van der Waals surface area contributed by atoms with Crippen molar-refractivity contribution in [3.05, 3.63) is 41.3 Å². The maximum absolute atomic E-state index is 13.7. The zero-order valence-corrected chi connectivity index (χ0v) is 18.4. The van der Waals surface area contributed by atoms with E-state index in [0.29, 0.717) is 19.8 Å². The van der Waals surface area contributed by atoms with E-state index in [0.717, 1.165) is 55.7 Å². The Labute approximate surface area is 187 Å². The maximum atomic E-state index is 13.7. The number of H-pyrrole nitrogens is 1. The normalized spacial score (nSPS) is 21.5. The number of nitrogens with one attached hydrogen (secondary N) is 2. The number of fused-ring (bicyclic) bond motifs is 3. The standard InChI is InChI=1S/C24H30N4O4/c1-31-24(30)27-20(16-10-13-32-14-11-16)23(29)28-12-4-7-19(28)22-25-18-9-8-15-5-2-3-6-17(15)21(18)26-22/h2-3,5-6,16,19-20H,4,7-14H2,1H3,(H,25,26)(H,27,30). The summed E-state index contributed by atoms with van der Waals surface area (Å²) in [5, 5.41) is 2.81. The molecule has 2 aromatic rings. The third-order valence-corrected chi connectivity index (χ3v) is 7.03. The Hall–Kier alpha value is -2.87. The number of aryl methyl sites for hydroxylation is 2. The number of likely N-dealkylation sites (tertiary alicyclic amines) is 1. The number of aromatic nitrogens is 2. The lowest BCUT2D eigenvalue weighted by Gasteiger charge is -2.34. The number of ether oxygens (including phenoxy) is 2. The first kappa shape index (κ1) is 21.0. The van der Waals surface area contributed by atoms with Gasteiger partial charge in [-0.1, -0.05) is 24.3 Å². The lowest BCUT2D eigenvalue weighted by Crippen LogP contribution is -2.53. The fraction of sp³-hybridized carbons (Fsp3) is 0.542. The quantitative estimate of drug-likeness (QED) is 0.765. The van der Waals surface area contributed by atoms with Crippen LogP contribution in [0.3, 0.4) is 0 Å². The third-order valence-electron chi connectivity index (χ3n) is 7.03. The van der Waals surface area contributed by atoms with Crippen LogP contribution in [0.25, 0.3) is 11.3 Å². The number of hydrogen-bond acceptors (Lipinski definition) is 5. The molecule has 2 unspecified atom stereocenters. The second kappa shape index (κ2) is 8.94. The van der Waals surface area contributed by atoms with Crippen LogP contribution in [0.2, 0.25) is 0 Å². The number of nitrogens with zero attached hydrogens (tertiary/aromatic N) is 2. The summed E-state index contributed by atoms with van der Waals surface area (Å²) in [6, 6.07) is 7.68. The van der Waals surface area contributed by atoms with E-state index in [1.165, 1.54) is 18.2 Å². The van der Waals surface area contributed by atoms with Gasteiger partial charge in [-0.2, -0.15) is 0 Å². The average Bonchev–Trinajstić information content (AvgIpc) is 3.49. The van der Waals surface area contributed by atoms with E-state index in [1.54, 1.807) is 0 Å². The minimum absolute atomic E-state index is 0.0354. The number of imidazole rings is 1. The molecule has 3 heterocycles. The van der Waals surface area contributed by atoms with Gasteiger partial charge in [-0.25, -0.2) is 9.78 Å². The molecule has 0 radical (unpaired) electrons. The van der Waals surface area contributed by atoms with Crippen molar-refractivity contribution in [2.24, 2.45) is 5.92 Å². The van der Waals surface area contributed by atoms with Crippen LogP contribution in [0.5, 0.6) is 0 Å². The Morgan fingerprint density at radius 1 is 1.22 bits per heavy atom. The molecule has 5 rings (SSSR count). The van der Waals surface area contributed by atoms with E-state index < -0.39 is 12.1 Å². The highest BCUT2D eigenvalue weighted by atomic mass is 16.5. The fourth-order valence-corrected chi connectivity index (χ4v) is 5.33. The Balaban J connectivity index is 1.41. The molecule has 2 aliphatic heterocycles. The van der Waals surface area contributed by atoms with Gasteiger partial charge in [-0.15, -0.1) is 0 Å². The number of amides is 2. The monoisotopic (exact) mass is 438 g/mol. The predicted octanol–water partition coefficient (Wildman–Crippen LogP) is 2.99. The smallest absolute Gasteiger partial charge is 0.407 e. The van der Waals surface area contributed by atoms with Crippen LogP contribution in [0, 0.1) is 5.92 Å². The highest BCUT2D eigenvalue weighted by Gasteiger charge is 2.40. The Morgan fingerprint density at radius 2 is 2.03 bits per heavy atom. The van der Waals surface area contributed by atoms with E-state index in [2.05, 4.69) is 28.5 Å². The molecule has 8 nitrogen and oxygen atoms in total. The minimum atomic E-state index is -0.614. The third kappa shape index (κ3) is 3.88. The Kier molecular flexibility index (Phi) is 5.87. The number of carbonyl (C=O) groups is 2. The van der Waals surface area contributed by atoms with E-state index in [-0.39, 0.29) is 17.9 Å². The molecule has 2 atom stereocenters. The van der Waals surface area contributed by atoms with Gasteiger partial charge in [0.05, 0.1) is 18.8 Å². The molecule has 0 spiro atoms. The molecule has 8 heteroatoms. The number of benzene rings is 1. The molecule has 2 amide bonds. The highest BCUT2D eigenvalue weighted by molar-refractivity contribution is 5.86. The second-order valence-electron chi connectivity index (χ2n) is 8.86. The number of rotatable bonds is 4. The summed E-state index contributed by atoms with van der Waals surface area (Å²) in [5.41, 5.74) is 4.65. The van der Waals surface area contributed by atoms with Gasteiger partial charge in [0.2, 0.25) is 5.91 Å². The molecular weight excluding hydrogens is 408 g/mol. The molecular formula is C24H30N4O4. The van der Waals surface area contributed by atoms with Gasteiger partial charge in [-0.3, -0.25) is 4.79 Å². The van der Waals surface area contributed by atoms with Crippen molar-refractivity contribution in [2.45, 2.75) is 50.6 Å². The molecule has 1 aromatic heterocycles. The van der Waals surface area contributed by atoms with Crippen molar-refractivity contribution in [3.8, 4) is 11.3 Å². The van der Waals surface area contributed by atoms with E-state index in [4.69, 9.17) is 14.5 Å². The summed E-state index contributed by atoms with van der Waals surface area (Å²) in [6.07, 6.45) is 4.60. The number of carbonyl (C=O) groups excluding carboxylic acids is 2. The van der Waals surface area contributed by atoms with Gasteiger partial charge in [0, 0.05) is 31.0 Å². The van der Waals surface area contributed by atoms with Crippen molar-refractivity contribution in [3.63, 3.8) is 0 Å². The largest absolute Gasteiger partial charge is 0.453 e. The molecule has 2 saturated heterocycles. The van der Waals surface area contributed by atoms with Gasteiger partial charge in [0.15, 0.2) is 0 Å². The SMILES string of the molecule is COC(=O)NC(C(=O)N1CCCC1c1nc2c([nH]1)CCc1ccccc1-2)C1CCOCC1. The van der Waals surface area contributed by atoms with Gasteiger partial charge in [0.25, 0.3) is 0 Å². The maximum Gasteiger partial charge on any atom is 0.407 e. The fourth-order valence-electron chi connectivity index (χ4n) is 5.33. The van der Waals surface area contributed by atoms with Crippen molar-refractivity contribution in [1.29, 1.82) is 0 Å². The van der Waals surface area contributed by atoms with E-state index in [9.17, 15) is 9.59 Å². The van der Waals surface area contributed by atoms with Crippen LogP contribution in [0.15, 0.2) is 24.3 Å². The van der Waals surface area contributed by atoms with Crippen molar-refractivity contribution < 1.29 is 19.1 Å². The summed E-state index contributed by atoms with van der Waals surface area (Å²) in [6.45, 7) is 1.87. The zero-order chi connectivity index (χ0) is 22.1. The van der Waals surface area contributed by atoms with Crippen molar-refractivity contribution in [2.75, 3.05) is 26.9 Å². The van der Waals surface area contributed by atoms with Crippen LogP contribution in [-0.4, -0.2) is 59.8 Å². The van der Waals surface area contributed by atoms with Crippen molar-refractivity contribution in [1.82, 2.24) is 20.2 Å². The molecule has 1 aromatic carbocycles. The highest BCUT2D eigenvalue weighted by Crippen LogP contribution is 2.37. The van der Waals surface area contributed by atoms with Gasteiger partial charge < -0.3 is 24.7 Å². The lowest BCUT2D eigenvalue weighted by atomic mass is 9.90. The van der Waals surface area contributed by atoms with Gasteiger partial charge >= 0.3 is 6.09 Å². The molecule has 3 aliphatic rings. The molecule has 2 fully saturated rings. The Morgan fingerprint density at radius 3 is 2.84 bits per heavy atom. The molecule has 0 saturated carbocycles. The van der Waals surface area contributed by atoms with Gasteiger partial charge in [-0.05, 0) is 50.0 Å². The Bertz CT molecular complexity index is 998. The number of aromatic amines is 1. The topological polar surface area (TPSA) is 96.5 Å². The first-order valence-corrected chi connectivity index (χ1v) is 11.6. The molecule has 32 heavy (non-hydrogen) atoms. The second-order valence-corrected chi connectivity index (χ2v) is 8.86. The van der Waals surface area contributed by atoms with Gasteiger partial charge in [0.1, 0.15) is 11.9 Å². The predicted molar refractivity (Wildman–Crippen MR) is 118 cm³/mol. The summed E-state index contributed by atoms with van der Waals surface area (Å²) in [4.78, 5) is 36.1. The number of alkyl carbamates (subject to hydrolysis) is 1. The van der Waals surface area contributed by atoms with Crippen LogP contribution in [0.1, 0.15) is 48.8 Å². The molecule has 2 N–H and O–H groups in total. The van der Waals surface area contributed by atoms with Crippen LogP contribution < -0.4 is 5.32 Å². The summed E-state index contributed by atoms with van der Waals surface area (Å²) in [7, 11) is 1.32. The van der Waals surface area contributed by atoms with E-state index in [1.807, 2.05) is 11.0 Å². The summed E-state index contributed by atoms with van der Waals surface area (Å²) in [5.74, 6) is 0.828. The zero-order valence-electron chi connectivity index (χ0n) is 18.4.